The molecule has 0 aliphatic heterocycles. The molecule has 0 rings (SSSR count). The zero-order chi connectivity index (χ0) is 0. The van der Waals surface area contributed by atoms with Gasteiger partial charge in [0.15, 0.2) is 0 Å². The fourth-order valence-corrected chi connectivity index (χ4v) is 0. The molecular formula is O3Ti2Zn+4. The molecule has 0 saturated carbocycles. The van der Waals surface area contributed by atoms with Crippen molar-refractivity contribution in [1.82, 2.24) is 0 Å². The van der Waals surface area contributed by atoms with E-state index in [2.05, 4.69) is 0 Å². The Bertz CT molecular complexity index is 8.75. The molecule has 0 aliphatic rings. The average molecular weight is 209 g/mol. The second-order valence-corrected chi connectivity index (χ2v) is 0. The number of hydrogen-bond acceptors (Lipinski definition) is 0. The summed E-state index contributed by atoms with van der Waals surface area (Å²) in [6, 6.07) is 0. The van der Waals surface area contributed by atoms with Crippen molar-refractivity contribution in [1.29, 1.82) is 0 Å². The Morgan fingerprint density at radius 2 is 0.500 bits per heavy atom. The maximum atomic E-state index is 0. The topological polar surface area (TPSA) is 85.5 Å². The first kappa shape index (κ1) is 102. The maximum absolute atomic E-state index is 0. The van der Waals surface area contributed by atoms with Crippen LogP contribution < -0.4 is 0 Å². The van der Waals surface area contributed by atoms with Crippen LogP contribution >= 0.6 is 0 Å². The summed E-state index contributed by atoms with van der Waals surface area (Å²) < 4.78 is 0. The Morgan fingerprint density at radius 1 is 0.500 bits per heavy atom. The first-order valence-corrected chi connectivity index (χ1v) is 0. The van der Waals surface area contributed by atoms with Crippen LogP contribution in [-0.4, -0.2) is 0 Å². The van der Waals surface area contributed by atoms with Gasteiger partial charge in [0.1, 0.15) is 0 Å². The third-order valence-corrected chi connectivity index (χ3v) is 0. The molecule has 0 bridgehead atoms. The molecule has 24 valence electrons. The van der Waals surface area contributed by atoms with Gasteiger partial charge in [0, 0.05) is 0 Å². The Kier molecular flexibility index (Phi) is 1110. The summed E-state index contributed by atoms with van der Waals surface area (Å²) in [5.41, 5.74) is 0. The van der Waals surface area contributed by atoms with Gasteiger partial charge in [-0.1, -0.05) is 0 Å². The molecule has 0 amide bonds. The summed E-state index contributed by atoms with van der Waals surface area (Å²) in [4.78, 5) is 0. The Balaban J connectivity index is 0. The van der Waals surface area contributed by atoms with Crippen LogP contribution in [0.3, 0.4) is 0 Å². The monoisotopic (exact) mass is 208 g/mol. The van der Waals surface area contributed by atoms with Crippen molar-refractivity contribution < 1.29 is 79.3 Å². The second-order valence-electron chi connectivity index (χ2n) is 0. The van der Waals surface area contributed by atoms with E-state index < -0.39 is 0 Å². The van der Waals surface area contributed by atoms with Crippen molar-refractivity contribution in [3.05, 3.63) is 0 Å². The van der Waals surface area contributed by atoms with Gasteiger partial charge in [-0.25, -0.2) is 0 Å². The molecule has 0 fully saturated rings. The van der Waals surface area contributed by atoms with E-state index in [0.29, 0.717) is 0 Å². The van der Waals surface area contributed by atoms with Crippen LogP contribution in [0.4, 0.5) is 0 Å². The smallest absolute Gasteiger partial charge is 2.00 e. The van der Waals surface area contributed by atoms with E-state index in [9.17, 15) is 0 Å². The molecule has 0 aromatic rings. The molecule has 0 unspecified atom stereocenters. The summed E-state index contributed by atoms with van der Waals surface area (Å²) >= 11 is 0. The van der Waals surface area contributed by atoms with Crippen LogP contribution in [0.1, 0.15) is 0 Å². The van der Waals surface area contributed by atoms with Gasteiger partial charge in [0.25, 0.3) is 0 Å². The van der Waals surface area contributed by atoms with E-state index in [0.717, 1.165) is 0 Å². The molecule has 0 aromatic carbocycles. The SMILES string of the molecule is [O-2].[O-2].[O-2].[Ti+4].[Ti+4].[Zn+2]. The minimum Gasteiger partial charge on any atom is -2.00 e. The predicted octanol–water partition coefficient (Wildman–Crippen LogP) is -0.364. The second kappa shape index (κ2) is 65.4. The Hall–Kier alpha value is 1.93. The molecule has 6 heteroatoms. The van der Waals surface area contributed by atoms with Crippen molar-refractivity contribution in [2.24, 2.45) is 0 Å². The molecule has 0 radical (unpaired) electrons. The van der Waals surface area contributed by atoms with Gasteiger partial charge in [-0.15, -0.1) is 0 Å². The molecule has 3 nitrogen and oxygen atoms in total. The third-order valence-electron chi connectivity index (χ3n) is 0. The van der Waals surface area contributed by atoms with E-state index in [1.54, 1.807) is 0 Å². The van der Waals surface area contributed by atoms with Crippen molar-refractivity contribution in [2.45, 2.75) is 0 Å². The van der Waals surface area contributed by atoms with Crippen LogP contribution in [0.2, 0.25) is 0 Å². The minimum absolute atomic E-state index is 0. The molecule has 6 heavy (non-hydrogen) atoms. The third kappa shape index (κ3) is 38.7. The maximum Gasteiger partial charge on any atom is 4.00 e. The Labute approximate surface area is 78.7 Å². The van der Waals surface area contributed by atoms with Gasteiger partial charge in [0.2, 0.25) is 0 Å². The standard InChI is InChI=1S/3O.2Ti.Zn/q3*-2;2*+4;+2. The van der Waals surface area contributed by atoms with Crippen molar-refractivity contribution in [3.63, 3.8) is 0 Å². The van der Waals surface area contributed by atoms with E-state index in [1.807, 2.05) is 0 Å². The number of hydrogen-bond donors (Lipinski definition) is 0. The molecule has 0 heterocycles. The van der Waals surface area contributed by atoms with Crippen LogP contribution in [0.25, 0.3) is 0 Å². The molecule has 0 N–H and O–H groups in total. The van der Waals surface area contributed by atoms with Gasteiger partial charge in [-0.2, -0.15) is 0 Å². The molecular weight excluding hydrogens is 209 g/mol. The van der Waals surface area contributed by atoms with Crippen LogP contribution in [0, 0.1) is 0 Å². The minimum atomic E-state index is 0. The fourth-order valence-electron chi connectivity index (χ4n) is 0. The molecule has 0 aliphatic carbocycles. The van der Waals surface area contributed by atoms with Crippen molar-refractivity contribution in [3.8, 4) is 0 Å². The quantitative estimate of drug-likeness (QED) is 0.488. The van der Waals surface area contributed by atoms with Crippen molar-refractivity contribution >= 4 is 0 Å². The summed E-state index contributed by atoms with van der Waals surface area (Å²) in [5, 5.41) is 0. The fraction of sp³-hybridized carbons (Fsp3) is 0. The van der Waals surface area contributed by atoms with Gasteiger partial charge in [-0.05, 0) is 0 Å². The van der Waals surface area contributed by atoms with E-state index >= 15 is 0 Å². The van der Waals surface area contributed by atoms with E-state index in [-0.39, 0.29) is 79.3 Å². The Morgan fingerprint density at radius 3 is 0.500 bits per heavy atom. The van der Waals surface area contributed by atoms with Crippen molar-refractivity contribution in [2.75, 3.05) is 0 Å². The predicted molar refractivity (Wildman–Crippen MR) is 2.06 cm³/mol. The summed E-state index contributed by atoms with van der Waals surface area (Å²) in [6.07, 6.45) is 0. The molecule has 0 saturated heterocycles. The van der Waals surface area contributed by atoms with E-state index in [1.165, 1.54) is 0 Å². The van der Waals surface area contributed by atoms with Gasteiger partial charge in [0.05, 0.1) is 0 Å². The van der Waals surface area contributed by atoms with Crippen LogP contribution in [0.5, 0.6) is 0 Å². The normalized spacial score (nSPS) is 0. The molecule has 0 spiro atoms. The van der Waals surface area contributed by atoms with Gasteiger partial charge >= 0.3 is 62.9 Å². The summed E-state index contributed by atoms with van der Waals surface area (Å²) in [5.74, 6) is 0. The van der Waals surface area contributed by atoms with Gasteiger partial charge in [-0.3, -0.25) is 0 Å². The van der Waals surface area contributed by atoms with Crippen LogP contribution in [0.15, 0.2) is 0 Å². The summed E-state index contributed by atoms with van der Waals surface area (Å²) in [7, 11) is 0. The zero-order valence-electron chi connectivity index (χ0n) is 2.93. The molecule has 0 atom stereocenters. The average Bonchev–Trinajstić information content (AvgIpc) is 0. The zero-order valence-corrected chi connectivity index (χ0v) is 9.02. The first-order valence-electron chi connectivity index (χ1n) is 0. The first-order chi connectivity index (χ1) is 0. The largest absolute Gasteiger partial charge is 4.00 e. The number of rotatable bonds is 0. The summed E-state index contributed by atoms with van der Waals surface area (Å²) in [6.45, 7) is 0. The van der Waals surface area contributed by atoms with Crippen LogP contribution in [-0.2, 0) is 79.3 Å². The molecule has 0 aromatic heterocycles. The van der Waals surface area contributed by atoms with E-state index in [4.69, 9.17) is 0 Å². The van der Waals surface area contributed by atoms with Gasteiger partial charge < -0.3 is 16.4 Å².